The summed E-state index contributed by atoms with van der Waals surface area (Å²) in [5.41, 5.74) is 3.76. The quantitative estimate of drug-likeness (QED) is 0.176. The molecule has 0 unspecified atom stereocenters. The molecule has 2 heterocycles. The van der Waals surface area contributed by atoms with Crippen molar-refractivity contribution in [3.8, 4) is 11.1 Å². The molecule has 2 fully saturated rings. The van der Waals surface area contributed by atoms with Gasteiger partial charge in [-0.2, -0.15) is 0 Å². The molecule has 0 spiro atoms. The number of amides is 1. The number of aldehydes is 1. The van der Waals surface area contributed by atoms with E-state index < -0.39 is 29.9 Å². The van der Waals surface area contributed by atoms with Crippen LogP contribution in [-0.4, -0.2) is 72.3 Å². The Morgan fingerprint density at radius 1 is 1.05 bits per heavy atom. The first kappa shape index (κ1) is 26.7. The molecular weight excluding hydrogens is 510 g/mol. The number of rotatable bonds is 10. The minimum atomic E-state index is -1.73. The molecule has 8 heteroatoms. The molecule has 3 aromatic carbocycles. The smallest absolute Gasteiger partial charge is 0.410 e. The zero-order valence-corrected chi connectivity index (χ0v) is 22.3. The first-order valence-electron chi connectivity index (χ1n) is 13.7. The van der Waals surface area contributed by atoms with Gasteiger partial charge < -0.3 is 28.8 Å². The fraction of sp³-hybridized carbons (Fsp3) is 0.375. The third-order valence-electron chi connectivity index (χ3n) is 8.23. The van der Waals surface area contributed by atoms with E-state index in [0.717, 1.165) is 27.8 Å². The number of hydrogen-bond acceptors (Lipinski definition) is 7. The van der Waals surface area contributed by atoms with Crippen molar-refractivity contribution in [3.63, 3.8) is 0 Å². The highest BCUT2D eigenvalue weighted by molar-refractivity contribution is 5.79. The lowest BCUT2D eigenvalue weighted by atomic mass is 9.84. The number of hydrogen-bond donors (Lipinski definition) is 1. The summed E-state index contributed by atoms with van der Waals surface area (Å²) in [5.74, 6) is -0.0853. The van der Waals surface area contributed by atoms with Gasteiger partial charge in [-0.3, -0.25) is 4.90 Å². The summed E-state index contributed by atoms with van der Waals surface area (Å²) in [6, 6.07) is 25.1. The van der Waals surface area contributed by atoms with E-state index in [2.05, 4.69) is 24.3 Å². The molecule has 1 aliphatic carbocycles. The summed E-state index contributed by atoms with van der Waals surface area (Å²) in [4.78, 5) is 27.1. The van der Waals surface area contributed by atoms with E-state index in [1.54, 1.807) is 0 Å². The molecule has 0 aromatic heterocycles. The Balaban J connectivity index is 1.13. The Labute approximate surface area is 233 Å². The summed E-state index contributed by atoms with van der Waals surface area (Å²) in [7, 11) is 0. The maximum atomic E-state index is 13.5. The molecule has 1 amide bonds. The molecule has 0 saturated carbocycles. The number of carbonyl (C=O) groups excluding carboxylic acids is 2. The number of nitrogens with zero attached hydrogens (tertiary/aromatic N) is 1. The van der Waals surface area contributed by atoms with Gasteiger partial charge in [-0.15, -0.1) is 0 Å². The van der Waals surface area contributed by atoms with Crippen molar-refractivity contribution in [3.05, 3.63) is 95.6 Å². The average Bonchev–Trinajstić information content (AvgIpc) is 3.70. The molecule has 8 nitrogen and oxygen atoms in total. The van der Waals surface area contributed by atoms with E-state index in [4.69, 9.17) is 18.9 Å². The van der Waals surface area contributed by atoms with E-state index in [9.17, 15) is 14.7 Å². The molecule has 2 aliphatic heterocycles. The van der Waals surface area contributed by atoms with Crippen LogP contribution in [0.25, 0.3) is 11.1 Å². The lowest BCUT2D eigenvalue weighted by Gasteiger charge is -2.43. The van der Waals surface area contributed by atoms with Gasteiger partial charge in [-0.1, -0.05) is 78.9 Å². The monoisotopic (exact) mass is 543 g/mol. The number of epoxide rings is 1. The van der Waals surface area contributed by atoms with Crippen molar-refractivity contribution < 1.29 is 33.6 Å². The van der Waals surface area contributed by atoms with Crippen molar-refractivity contribution in [2.24, 2.45) is 0 Å². The van der Waals surface area contributed by atoms with Gasteiger partial charge in [0.1, 0.15) is 31.2 Å². The normalized spacial score (nSPS) is 23.4. The average molecular weight is 544 g/mol. The highest BCUT2D eigenvalue weighted by Gasteiger charge is 2.60. The van der Waals surface area contributed by atoms with Gasteiger partial charge in [-0.25, -0.2) is 4.79 Å². The van der Waals surface area contributed by atoms with Gasteiger partial charge in [-0.05, 0) is 41.2 Å². The van der Waals surface area contributed by atoms with E-state index in [-0.39, 0.29) is 25.4 Å². The predicted octanol–water partition coefficient (Wildman–Crippen LogP) is 4.29. The van der Waals surface area contributed by atoms with Crippen LogP contribution in [0.5, 0.6) is 0 Å². The Morgan fingerprint density at radius 3 is 2.38 bits per heavy atom. The van der Waals surface area contributed by atoms with Crippen molar-refractivity contribution in [1.82, 2.24) is 4.90 Å². The molecule has 2 saturated heterocycles. The number of benzene rings is 3. The lowest BCUT2D eigenvalue weighted by Crippen LogP contribution is -2.64. The third-order valence-corrected chi connectivity index (χ3v) is 8.23. The van der Waals surface area contributed by atoms with E-state index in [1.165, 1.54) is 11.8 Å². The zero-order valence-electron chi connectivity index (χ0n) is 22.3. The maximum absolute atomic E-state index is 13.5. The molecule has 3 aliphatic rings. The molecule has 0 radical (unpaired) electrons. The lowest BCUT2D eigenvalue weighted by molar-refractivity contribution is -0.181. The summed E-state index contributed by atoms with van der Waals surface area (Å²) >= 11 is 0. The molecular formula is C32H33NO7. The van der Waals surface area contributed by atoms with Gasteiger partial charge in [0.2, 0.25) is 0 Å². The molecule has 5 atom stereocenters. The summed E-state index contributed by atoms with van der Waals surface area (Å²) < 4.78 is 22.9. The van der Waals surface area contributed by atoms with Crippen LogP contribution < -0.4 is 0 Å². The van der Waals surface area contributed by atoms with Crippen molar-refractivity contribution in [2.75, 3.05) is 19.9 Å². The Hall–Kier alpha value is -3.56. The highest BCUT2D eigenvalue weighted by Crippen LogP contribution is 2.45. The standard InChI is InChI=1S/C32H33NO7/c1-32(36,28(17-34)39-20-37-18-21-9-3-2-4-10-21)30-29-27(40-29)15-16-33(30)31(35)38-19-26-24-13-7-5-11-22(24)23-12-6-8-14-25(23)26/h2-14,17,26-30,36H,15-16,18-20H2,1H3/t27-,28+,29-,30-,32-/m1/s1. The topological polar surface area (TPSA) is 97.8 Å². The SMILES string of the molecule is C[C@@](O)([C@H](C=O)OCOCc1ccccc1)[C@H]1[C@@H]2O[C@@H]2CCN1C(=O)OCC1c2ccccc2-c2ccccc21. The van der Waals surface area contributed by atoms with Gasteiger partial charge in [0, 0.05) is 12.5 Å². The number of aliphatic hydroxyl groups is 1. The fourth-order valence-corrected chi connectivity index (χ4v) is 6.15. The van der Waals surface area contributed by atoms with Crippen LogP contribution in [0.1, 0.15) is 36.0 Å². The maximum Gasteiger partial charge on any atom is 0.410 e. The summed E-state index contributed by atoms with van der Waals surface area (Å²) in [6.07, 6.45) is -1.08. The fourth-order valence-electron chi connectivity index (χ4n) is 6.15. The van der Waals surface area contributed by atoms with Crippen LogP contribution >= 0.6 is 0 Å². The zero-order chi connectivity index (χ0) is 27.7. The first-order valence-corrected chi connectivity index (χ1v) is 13.7. The second-order valence-electron chi connectivity index (χ2n) is 10.8. The molecule has 0 bridgehead atoms. The minimum absolute atomic E-state index is 0.0734. The van der Waals surface area contributed by atoms with Crippen LogP contribution in [0.2, 0.25) is 0 Å². The highest BCUT2D eigenvalue weighted by atomic mass is 16.7. The van der Waals surface area contributed by atoms with E-state index >= 15 is 0 Å². The van der Waals surface area contributed by atoms with Crippen molar-refractivity contribution >= 4 is 12.4 Å². The minimum Gasteiger partial charge on any atom is -0.448 e. The molecule has 3 aromatic rings. The van der Waals surface area contributed by atoms with E-state index in [1.807, 2.05) is 54.6 Å². The molecule has 40 heavy (non-hydrogen) atoms. The van der Waals surface area contributed by atoms with Gasteiger partial charge in [0.25, 0.3) is 0 Å². The van der Waals surface area contributed by atoms with Gasteiger partial charge in [0.05, 0.1) is 18.8 Å². The van der Waals surface area contributed by atoms with Crippen molar-refractivity contribution in [2.45, 2.75) is 55.8 Å². The second kappa shape index (κ2) is 11.1. The van der Waals surface area contributed by atoms with Crippen molar-refractivity contribution in [1.29, 1.82) is 0 Å². The number of piperidine rings is 1. The predicted molar refractivity (Wildman–Crippen MR) is 146 cm³/mol. The van der Waals surface area contributed by atoms with Crippen LogP contribution in [0.15, 0.2) is 78.9 Å². The summed E-state index contributed by atoms with van der Waals surface area (Å²) in [6.45, 7) is 2.11. The number of likely N-dealkylation sites (tertiary alicyclic amines) is 1. The van der Waals surface area contributed by atoms with Crippen LogP contribution in [0.4, 0.5) is 4.79 Å². The number of fused-ring (bicyclic) bond motifs is 4. The van der Waals surface area contributed by atoms with Gasteiger partial charge in [0.15, 0.2) is 6.29 Å². The van der Waals surface area contributed by atoms with Crippen LogP contribution in [-0.2, 0) is 30.3 Å². The molecule has 1 N–H and O–H groups in total. The second-order valence-corrected chi connectivity index (χ2v) is 10.8. The van der Waals surface area contributed by atoms with Crippen LogP contribution in [0.3, 0.4) is 0 Å². The Kier molecular flexibility index (Phi) is 7.42. The third kappa shape index (κ3) is 5.04. The first-order chi connectivity index (χ1) is 19.5. The molecule has 6 rings (SSSR count). The largest absolute Gasteiger partial charge is 0.448 e. The van der Waals surface area contributed by atoms with Gasteiger partial charge >= 0.3 is 6.09 Å². The number of ether oxygens (including phenoxy) is 4. The summed E-state index contributed by atoms with van der Waals surface area (Å²) in [5, 5.41) is 11.6. The number of carbonyl (C=O) groups is 2. The van der Waals surface area contributed by atoms with Crippen LogP contribution in [0, 0.1) is 0 Å². The van der Waals surface area contributed by atoms with E-state index in [0.29, 0.717) is 25.9 Å². The molecule has 208 valence electrons. The Morgan fingerprint density at radius 2 is 1.70 bits per heavy atom. The Bertz CT molecular complexity index is 1310.